The van der Waals surface area contributed by atoms with Crippen molar-refractivity contribution in [3.63, 3.8) is 0 Å². The summed E-state index contributed by atoms with van der Waals surface area (Å²) in [7, 11) is 4.18. The SMILES string of the molecule is CN(C)C(CNc1ccc2nnc(C(C)(C)C)n2n1)c1ccccc1. The van der Waals surface area contributed by atoms with Gasteiger partial charge in [-0.1, -0.05) is 51.1 Å². The normalized spacial score (nSPS) is 13.4. The lowest BCUT2D eigenvalue weighted by Gasteiger charge is -2.25. The van der Waals surface area contributed by atoms with E-state index in [4.69, 9.17) is 0 Å². The van der Waals surface area contributed by atoms with Crippen LogP contribution in [0.4, 0.5) is 5.82 Å². The third-order valence-electron chi connectivity index (χ3n) is 4.22. The molecule has 0 aliphatic carbocycles. The first-order valence-corrected chi connectivity index (χ1v) is 8.54. The number of aromatic nitrogens is 4. The zero-order chi connectivity index (χ0) is 18.0. The van der Waals surface area contributed by atoms with Gasteiger partial charge in [0, 0.05) is 12.0 Å². The molecule has 0 fully saturated rings. The Balaban J connectivity index is 1.83. The topological polar surface area (TPSA) is 58.3 Å². The number of nitrogens with zero attached hydrogens (tertiary/aromatic N) is 5. The van der Waals surface area contributed by atoms with E-state index in [-0.39, 0.29) is 11.5 Å². The van der Waals surface area contributed by atoms with E-state index in [1.54, 1.807) is 0 Å². The van der Waals surface area contributed by atoms with Gasteiger partial charge < -0.3 is 10.2 Å². The molecule has 0 bridgehead atoms. The predicted octanol–water partition coefficient (Wildman–Crippen LogP) is 3.14. The van der Waals surface area contributed by atoms with Gasteiger partial charge in [0.05, 0.1) is 6.04 Å². The van der Waals surface area contributed by atoms with Crippen molar-refractivity contribution in [2.75, 3.05) is 26.0 Å². The van der Waals surface area contributed by atoms with Gasteiger partial charge in [-0.3, -0.25) is 0 Å². The van der Waals surface area contributed by atoms with E-state index in [1.807, 2.05) is 22.7 Å². The van der Waals surface area contributed by atoms with E-state index in [0.29, 0.717) is 0 Å². The van der Waals surface area contributed by atoms with Crippen molar-refractivity contribution in [3.8, 4) is 0 Å². The fourth-order valence-corrected chi connectivity index (χ4v) is 2.83. The zero-order valence-electron chi connectivity index (χ0n) is 15.6. The van der Waals surface area contributed by atoms with Crippen molar-refractivity contribution in [1.29, 1.82) is 0 Å². The Morgan fingerprint density at radius 1 is 1.04 bits per heavy atom. The zero-order valence-corrected chi connectivity index (χ0v) is 15.6. The summed E-state index contributed by atoms with van der Waals surface area (Å²) in [5, 5.41) is 16.6. The molecule has 2 heterocycles. The van der Waals surface area contributed by atoms with E-state index in [0.717, 1.165) is 23.8 Å². The highest BCUT2D eigenvalue weighted by Crippen LogP contribution is 2.22. The van der Waals surface area contributed by atoms with Crippen molar-refractivity contribution in [3.05, 3.63) is 53.9 Å². The third-order valence-corrected chi connectivity index (χ3v) is 4.22. The molecule has 1 aromatic carbocycles. The highest BCUT2D eigenvalue weighted by Gasteiger charge is 2.22. The standard InChI is InChI=1S/C19H26N6/c1-19(2,3)18-22-21-17-12-11-16(23-25(17)18)20-13-15(24(4)5)14-9-7-6-8-10-14/h6-12,15H,13H2,1-5H3,(H,20,23). The van der Waals surface area contributed by atoms with Crippen LogP contribution >= 0.6 is 0 Å². The smallest absolute Gasteiger partial charge is 0.178 e. The molecule has 132 valence electrons. The average Bonchev–Trinajstić information content (AvgIpc) is 2.99. The number of rotatable bonds is 5. The van der Waals surface area contributed by atoms with Gasteiger partial charge in [0.15, 0.2) is 11.5 Å². The second-order valence-electron chi connectivity index (χ2n) is 7.53. The highest BCUT2D eigenvalue weighted by molar-refractivity contribution is 5.44. The van der Waals surface area contributed by atoms with Crippen LogP contribution in [-0.4, -0.2) is 45.4 Å². The van der Waals surface area contributed by atoms with E-state index in [2.05, 4.69) is 84.6 Å². The minimum absolute atomic E-state index is 0.110. The molecule has 3 rings (SSSR count). The number of hydrogen-bond acceptors (Lipinski definition) is 5. The lowest BCUT2D eigenvalue weighted by molar-refractivity contribution is 0.311. The largest absolute Gasteiger partial charge is 0.367 e. The number of nitrogens with one attached hydrogen (secondary N) is 1. The lowest BCUT2D eigenvalue weighted by atomic mass is 9.96. The summed E-state index contributed by atoms with van der Waals surface area (Å²) >= 11 is 0. The van der Waals surface area contributed by atoms with E-state index in [9.17, 15) is 0 Å². The first-order valence-electron chi connectivity index (χ1n) is 8.54. The molecule has 0 amide bonds. The second kappa shape index (κ2) is 6.80. The summed E-state index contributed by atoms with van der Waals surface area (Å²) in [5.41, 5.74) is 1.93. The molecule has 0 radical (unpaired) electrons. The maximum absolute atomic E-state index is 4.69. The van der Waals surface area contributed by atoms with Crippen LogP contribution in [0.1, 0.15) is 38.2 Å². The first kappa shape index (κ1) is 17.4. The van der Waals surface area contributed by atoms with Crippen molar-refractivity contribution in [2.24, 2.45) is 0 Å². The Labute approximate surface area is 148 Å². The molecule has 0 saturated heterocycles. The van der Waals surface area contributed by atoms with Gasteiger partial charge >= 0.3 is 0 Å². The van der Waals surface area contributed by atoms with Gasteiger partial charge in [-0.25, -0.2) is 0 Å². The Morgan fingerprint density at radius 2 is 1.76 bits per heavy atom. The minimum atomic E-state index is -0.110. The number of hydrogen-bond donors (Lipinski definition) is 1. The number of benzene rings is 1. The summed E-state index contributed by atoms with van der Waals surface area (Å²) in [6, 6.07) is 14.7. The van der Waals surface area contributed by atoms with E-state index in [1.165, 1.54) is 5.56 Å². The van der Waals surface area contributed by atoms with E-state index >= 15 is 0 Å². The Bertz CT molecular complexity index is 832. The van der Waals surface area contributed by atoms with Crippen LogP contribution in [0.5, 0.6) is 0 Å². The van der Waals surface area contributed by atoms with Gasteiger partial charge in [-0.05, 0) is 31.8 Å². The van der Waals surface area contributed by atoms with Gasteiger partial charge in [-0.2, -0.15) is 4.52 Å². The summed E-state index contributed by atoms with van der Waals surface area (Å²) < 4.78 is 1.83. The molecule has 25 heavy (non-hydrogen) atoms. The molecule has 6 heteroatoms. The fraction of sp³-hybridized carbons (Fsp3) is 0.421. The molecule has 3 aromatic rings. The maximum atomic E-state index is 4.69. The molecule has 2 aromatic heterocycles. The molecule has 0 spiro atoms. The number of likely N-dealkylation sites (N-methyl/N-ethyl adjacent to an activating group) is 1. The van der Waals surface area contributed by atoms with Crippen molar-refractivity contribution < 1.29 is 0 Å². The number of anilines is 1. The van der Waals surface area contributed by atoms with Crippen LogP contribution in [0.15, 0.2) is 42.5 Å². The molecule has 0 aliphatic rings. The molecule has 6 nitrogen and oxygen atoms in total. The fourth-order valence-electron chi connectivity index (χ4n) is 2.83. The van der Waals surface area contributed by atoms with Crippen LogP contribution in [-0.2, 0) is 5.41 Å². The predicted molar refractivity (Wildman–Crippen MR) is 101 cm³/mol. The third kappa shape index (κ3) is 3.79. The molecule has 1 atom stereocenters. The lowest BCUT2D eigenvalue weighted by Crippen LogP contribution is -2.27. The van der Waals surface area contributed by atoms with Crippen molar-refractivity contribution in [2.45, 2.75) is 32.2 Å². The van der Waals surface area contributed by atoms with E-state index < -0.39 is 0 Å². The Kier molecular flexibility index (Phi) is 4.72. The number of fused-ring (bicyclic) bond motifs is 1. The Morgan fingerprint density at radius 3 is 2.40 bits per heavy atom. The first-order chi connectivity index (χ1) is 11.9. The molecule has 1 N–H and O–H groups in total. The Hall–Kier alpha value is -2.47. The van der Waals surface area contributed by atoms with Crippen LogP contribution in [0.3, 0.4) is 0 Å². The molecular formula is C19H26N6. The van der Waals surface area contributed by atoms with Crippen molar-refractivity contribution in [1.82, 2.24) is 24.7 Å². The van der Waals surface area contributed by atoms with Gasteiger partial charge in [-0.15, -0.1) is 15.3 Å². The quantitative estimate of drug-likeness (QED) is 0.774. The maximum Gasteiger partial charge on any atom is 0.178 e. The van der Waals surface area contributed by atoms with Crippen LogP contribution in [0.25, 0.3) is 5.65 Å². The summed E-state index contributed by atoms with van der Waals surface area (Å²) in [5.74, 6) is 1.68. The summed E-state index contributed by atoms with van der Waals surface area (Å²) in [6.45, 7) is 7.11. The molecule has 0 aliphatic heterocycles. The molecule has 0 saturated carbocycles. The van der Waals surface area contributed by atoms with Gasteiger partial charge in [0.25, 0.3) is 0 Å². The molecule has 1 unspecified atom stereocenters. The molecular weight excluding hydrogens is 312 g/mol. The van der Waals surface area contributed by atoms with Gasteiger partial charge in [0.2, 0.25) is 0 Å². The van der Waals surface area contributed by atoms with Crippen LogP contribution < -0.4 is 5.32 Å². The van der Waals surface area contributed by atoms with Crippen molar-refractivity contribution >= 4 is 11.5 Å². The second-order valence-corrected chi connectivity index (χ2v) is 7.53. The monoisotopic (exact) mass is 338 g/mol. The minimum Gasteiger partial charge on any atom is -0.367 e. The van der Waals surface area contributed by atoms with Crippen LogP contribution in [0, 0.1) is 0 Å². The van der Waals surface area contributed by atoms with Gasteiger partial charge in [0.1, 0.15) is 5.82 Å². The highest BCUT2D eigenvalue weighted by atomic mass is 15.4. The average molecular weight is 338 g/mol. The van der Waals surface area contributed by atoms with Crippen LogP contribution in [0.2, 0.25) is 0 Å². The summed E-state index contributed by atoms with van der Waals surface area (Å²) in [4.78, 5) is 2.21. The summed E-state index contributed by atoms with van der Waals surface area (Å²) in [6.07, 6.45) is 0.